The second-order valence-electron chi connectivity index (χ2n) is 6.82. The van der Waals surface area contributed by atoms with Crippen molar-refractivity contribution < 1.29 is 33.7 Å². The fourth-order valence-electron chi connectivity index (χ4n) is 3.02. The number of carbonyl (C=O) groups excluding carboxylic acids is 2. The van der Waals surface area contributed by atoms with Crippen molar-refractivity contribution in [2.45, 2.75) is 13.8 Å². The molecule has 158 valence electrons. The van der Waals surface area contributed by atoms with E-state index in [1.807, 2.05) is 0 Å². The lowest BCUT2D eigenvalue weighted by Gasteiger charge is -2.16. The average Bonchev–Trinajstić information content (AvgIpc) is 2.71. The van der Waals surface area contributed by atoms with Gasteiger partial charge >= 0.3 is 11.9 Å². The van der Waals surface area contributed by atoms with Crippen LogP contribution in [0.3, 0.4) is 0 Å². The minimum atomic E-state index is -1.61. The quantitative estimate of drug-likeness (QED) is 0.419. The second kappa shape index (κ2) is 8.66. The first-order valence-electron chi connectivity index (χ1n) is 9.12. The maximum Gasteiger partial charge on any atom is 0.394 e. The zero-order chi connectivity index (χ0) is 22.7. The van der Waals surface area contributed by atoms with Crippen molar-refractivity contribution in [3.63, 3.8) is 0 Å². The lowest BCUT2D eigenvalue weighted by molar-refractivity contribution is -0.147. The number of ketones is 1. The number of amides is 1. The maximum atomic E-state index is 13.2. The van der Waals surface area contributed by atoms with E-state index < -0.39 is 23.5 Å². The molecule has 0 saturated carbocycles. The molecule has 3 N–H and O–H groups in total. The Bertz CT molecular complexity index is 1160. The predicted octanol–water partition coefficient (Wildman–Crippen LogP) is 4.19. The van der Waals surface area contributed by atoms with E-state index in [9.17, 15) is 23.9 Å². The molecule has 1 amide bonds. The molecular formula is C23H18FNO6. The monoisotopic (exact) mass is 423 g/mol. The Balaban J connectivity index is 1.96. The number of aliphatic carboxylic acids is 1. The molecule has 0 fully saturated rings. The minimum absolute atomic E-state index is 0.0775. The average molecular weight is 423 g/mol. The number of hydrogen-bond donors (Lipinski definition) is 3. The van der Waals surface area contributed by atoms with Gasteiger partial charge in [0.2, 0.25) is 0 Å². The molecule has 3 aromatic rings. The number of aryl methyl sites for hydroxylation is 2. The van der Waals surface area contributed by atoms with Crippen molar-refractivity contribution in [3.05, 3.63) is 82.7 Å². The number of hydrogen-bond acceptors (Lipinski definition) is 5. The first kappa shape index (κ1) is 21.5. The number of phenols is 1. The van der Waals surface area contributed by atoms with Crippen molar-refractivity contribution in [2.24, 2.45) is 0 Å². The summed E-state index contributed by atoms with van der Waals surface area (Å²) in [4.78, 5) is 35.0. The summed E-state index contributed by atoms with van der Waals surface area (Å²) in [7, 11) is 0. The number of ether oxygens (including phenoxy) is 1. The van der Waals surface area contributed by atoms with Gasteiger partial charge in [0.25, 0.3) is 0 Å². The number of rotatable bonds is 5. The first-order chi connectivity index (χ1) is 14.7. The molecule has 0 heterocycles. The molecule has 3 aromatic carbocycles. The molecule has 31 heavy (non-hydrogen) atoms. The Morgan fingerprint density at radius 3 is 2.13 bits per heavy atom. The zero-order valence-electron chi connectivity index (χ0n) is 16.6. The highest BCUT2D eigenvalue weighted by Crippen LogP contribution is 2.35. The van der Waals surface area contributed by atoms with Gasteiger partial charge in [-0.1, -0.05) is 0 Å². The van der Waals surface area contributed by atoms with Crippen LogP contribution in [0.1, 0.15) is 27.0 Å². The number of phenolic OH excluding ortho intramolecular Hbond substituents is 1. The van der Waals surface area contributed by atoms with E-state index in [2.05, 4.69) is 5.32 Å². The molecule has 0 aliphatic heterocycles. The molecule has 0 saturated heterocycles. The first-order valence-corrected chi connectivity index (χ1v) is 9.12. The summed E-state index contributed by atoms with van der Waals surface area (Å²) >= 11 is 0. The van der Waals surface area contributed by atoms with Gasteiger partial charge in [-0.05, 0) is 79.6 Å². The highest BCUT2D eigenvalue weighted by atomic mass is 19.1. The van der Waals surface area contributed by atoms with Crippen molar-refractivity contribution in [1.29, 1.82) is 0 Å². The molecular weight excluding hydrogens is 405 g/mol. The van der Waals surface area contributed by atoms with Gasteiger partial charge < -0.3 is 20.3 Å². The normalized spacial score (nSPS) is 10.4. The number of carbonyl (C=O) groups is 3. The number of halogens is 1. The predicted molar refractivity (Wildman–Crippen MR) is 110 cm³/mol. The van der Waals surface area contributed by atoms with Crippen molar-refractivity contribution >= 4 is 23.3 Å². The molecule has 0 aliphatic rings. The maximum absolute atomic E-state index is 13.2. The molecule has 0 aliphatic carbocycles. The molecule has 0 bridgehead atoms. The van der Waals surface area contributed by atoms with E-state index in [0.717, 1.165) is 12.1 Å². The Hall–Kier alpha value is -4.20. The summed E-state index contributed by atoms with van der Waals surface area (Å²) in [6.07, 6.45) is 0. The second-order valence-corrected chi connectivity index (χ2v) is 6.82. The summed E-state index contributed by atoms with van der Waals surface area (Å²) in [6.45, 7) is 3.39. The van der Waals surface area contributed by atoms with E-state index in [-0.39, 0.29) is 28.3 Å². The number of benzene rings is 3. The summed E-state index contributed by atoms with van der Waals surface area (Å²) in [5.41, 5.74) is 1.73. The minimum Gasteiger partial charge on any atom is -0.508 e. The Labute approximate surface area is 176 Å². The van der Waals surface area contributed by atoms with Crippen molar-refractivity contribution in [1.82, 2.24) is 0 Å². The Morgan fingerprint density at radius 1 is 0.935 bits per heavy atom. The van der Waals surface area contributed by atoms with Gasteiger partial charge in [-0.25, -0.2) is 9.18 Å². The number of aromatic hydroxyl groups is 1. The number of carboxylic acid groups (broad SMARTS) is 1. The third kappa shape index (κ3) is 4.87. The highest BCUT2D eigenvalue weighted by Gasteiger charge is 2.19. The molecule has 8 heteroatoms. The molecule has 0 aromatic heterocycles. The van der Waals surface area contributed by atoms with Gasteiger partial charge in [0.15, 0.2) is 5.78 Å². The molecule has 0 spiro atoms. The van der Waals surface area contributed by atoms with E-state index in [1.54, 1.807) is 13.8 Å². The summed E-state index contributed by atoms with van der Waals surface area (Å²) in [6, 6.07) is 12.1. The lowest BCUT2D eigenvalue weighted by atomic mass is 10.0. The Morgan fingerprint density at radius 2 is 1.55 bits per heavy atom. The highest BCUT2D eigenvalue weighted by molar-refractivity contribution is 6.36. The smallest absolute Gasteiger partial charge is 0.394 e. The number of carboxylic acids is 1. The van der Waals surface area contributed by atoms with Crippen LogP contribution in [0.25, 0.3) is 0 Å². The number of anilines is 1. The van der Waals surface area contributed by atoms with Crippen LogP contribution >= 0.6 is 0 Å². The standard InChI is InChI=1S/C23H18FNO6/c1-12-9-16(25-22(28)23(29)30)10-13(2)21(12)31-19-8-7-17(26)11-18(19)20(27)14-3-5-15(24)6-4-14/h3-11,26H,1-2H3,(H,25,28)(H,29,30). The van der Waals surface area contributed by atoms with Crippen molar-refractivity contribution in [2.75, 3.05) is 5.32 Å². The van der Waals surface area contributed by atoms with E-state index in [4.69, 9.17) is 9.84 Å². The van der Waals surface area contributed by atoms with Crippen LogP contribution in [0.2, 0.25) is 0 Å². The SMILES string of the molecule is Cc1cc(NC(=O)C(=O)O)cc(C)c1Oc1ccc(O)cc1C(=O)c1ccc(F)cc1. The van der Waals surface area contributed by atoms with Crippen LogP contribution in [0.4, 0.5) is 10.1 Å². The fraction of sp³-hybridized carbons (Fsp3) is 0.0870. The van der Waals surface area contributed by atoms with E-state index >= 15 is 0 Å². The molecule has 0 unspecified atom stereocenters. The molecule has 7 nitrogen and oxygen atoms in total. The van der Waals surface area contributed by atoms with Gasteiger partial charge in [-0.15, -0.1) is 0 Å². The van der Waals surface area contributed by atoms with Crippen LogP contribution in [0.15, 0.2) is 54.6 Å². The summed E-state index contributed by atoms with van der Waals surface area (Å²) in [5, 5.41) is 20.9. The lowest BCUT2D eigenvalue weighted by Crippen LogP contribution is -2.21. The summed E-state index contributed by atoms with van der Waals surface area (Å²) in [5.74, 6) is -3.30. The van der Waals surface area contributed by atoms with Crippen molar-refractivity contribution in [3.8, 4) is 17.2 Å². The largest absolute Gasteiger partial charge is 0.508 e. The van der Waals surface area contributed by atoms with Crippen LogP contribution in [0, 0.1) is 19.7 Å². The third-order valence-electron chi connectivity index (χ3n) is 4.44. The van der Waals surface area contributed by atoms with Gasteiger partial charge in [-0.2, -0.15) is 0 Å². The van der Waals surface area contributed by atoms with E-state index in [1.165, 1.54) is 42.5 Å². The van der Waals surface area contributed by atoms with Crippen LogP contribution in [0.5, 0.6) is 17.2 Å². The third-order valence-corrected chi connectivity index (χ3v) is 4.44. The van der Waals surface area contributed by atoms with Gasteiger partial charge in [0, 0.05) is 11.3 Å². The number of nitrogens with one attached hydrogen (secondary N) is 1. The molecule has 0 radical (unpaired) electrons. The zero-order valence-corrected chi connectivity index (χ0v) is 16.6. The van der Waals surface area contributed by atoms with Crippen LogP contribution < -0.4 is 10.1 Å². The van der Waals surface area contributed by atoms with E-state index in [0.29, 0.717) is 16.9 Å². The van der Waals surface area contributed by atoms with Gasteiger partial charge in [0.1, 0.15) is 23.1 Å². The molecule has 3 rings (SSSR count). The topological polar surface area (TPSA) is 113 Å². The Kier molecular flexibility index (Phi) is 6.01. The fourth-order valence-corrected chi connectivity index (χ4v) is 3.02. The van der Waals surface area contributed by atoms with Crippen LogP contribution in [-0.2, 0) is 9.59 Å². The molecule has 0 atom stereocenters. The van der Waals surface area contributed by atoms with Crippen LogP contribution in [-0.4, -0.2) is 27.9 Å². The summed E-state index contributed by atoms with van der Waals surface area (Å²) < 4.78 is 19.2. The van der Waals surface area contributed by atoms with Gasteiger partial charge in [-0.3, -0.25) is 9.59 Å². The van der Waals surface area contributed by atoms with Gasteiger partial charge in [0.05, 0.1) is 5.56 Å².